The number of nitrogens with zero attached hydrogens (tertiary/aromatic N) is 7. The summed E-state index contributed by atoms with van der Waals surface area (Å²) >= 11 is 0. The molecule has 0 aliphatic rings. The maximum Gasteiger partial charge on any atom is 0.164 e. The summed E-state index contributed by atoms with van der Waals surface area (Å²) in [5.74, 6) is 2.61. The topological polar surface area (TPSA) is 74.3 Å². The molecule has 0 saturated heterocycles. The van der Waals surface area contributed by atoms with Crippen LogP contribution < -0.4 is 0 Å². The minimum atomic E-state index is 0.633. The Bertz CT molecular complexity index is 7670. The number of rotatable bonds is 12. The van der Waals surface area contributed by atoms with Crippen LogP contribution in [0.1, 0.15) is 0 Å². The zero-order valence-electron chi connectivity index (χ0n) is 66.3. The van der Waals surface area contributed by atoms with Crippen molar-refractivity contribution >= 4 is 108 Å². The Labute approximate surface area is 704 Å². The number of aromatic nitrogens is 7. The van der Waals surface area contributed by atoms with Crippen molar-refractivity contribution in [3.05, 3.63) is 443 Å². The number of fused-ring (bicyclic) bond motifs is 20. The third-order valence-electron chi connectivity index (χ3n) is 24.2. The predicted octanol–water partition coefficient (Wildman–Crippen LogP) is 30.1. The Kier molecular flexibility index (Phi) is 17.4. The first-order valence-electron chi connectivity index (χ1n) is 41.5. The number of hydrogen-bond acceptors (Lipinski definition) is 5. The van der Waals surface area contributed by atoms with Gasteiger partial charge in [0.15, 0.2) is 23.3 Å². The van der Waals surface area contributed by atoms with Gasteiger partial charge in [-0.2, -0.15) is 0 Å². The lowest BCUT2D eigenvalue weighted by atomic mass is 9.88. The molecule has 0 spiro atoms. The molecule has 24 rings (SSSR count). The Hall–Kier alpha value is -16.4. The highest BCUT2D eigenvalue weighted by Gasteiger charge is 2.26. The van der Waals surface area contributed by atoms with Gasteiger partial charge in [-0.1, -0.05) is 388 Å². The molecule has 0 bridgehead atoms. The minimum Gasteiger partial charge on any atom is -0.309 e. The van der Waals surface area contributed by atoms with Gasteiger partial charge in [0, 0.05) is 87.8 Å². The third kappa shape index (κ3) is 12.3. The summed E-state index contributed by atoms with van der Waals surface area (Å²) in [4.78, 5) is 25.5. The van der Waals surface area contributed by atoms with Crippen LogP contribution in [0.2, 0.25) is 0 Å². The quantitative estimate of drug-likeness (QED) is 0.114. The van der Waals surface area contributed by atoms with Crippen molar-refractivity contribution in [1.82, 2.24) is 34.1 Å². The Morgan fingerprint density at radius 2 is 0.393 bits per heavy atom. The molecule has 7 heteroatoms. The van der Waals surface area contributed by atoms with E-state index in [0.29, 0.717) is 23.3 Å². The van der Waals surface area contributed by atoms with Gasteiger partial charge in [-0.25, -0.2) is 24.9 Å². The fourth-order valence-electron chi connectivity index (χ4n) is 18.6. The van der Waals surface area contributed by atoms with Crippen molar-refractivity contribution in [3.8, 4) is 124 Å². The fraction of sp³-hybridized carbons (Fsp3) is 0. The van der Waals surface area contributed by atoms with E-state index in [1.165, 1.54) is 136 Å². The molecule has 4 aromatic heterocycles. The molecule has 0 N–H and O–H groups in total. The smallest absolute Gasteiger partial charge is 0.164 e. The molecule has 122 heavy (non-hydrogen) atoms. The molecular weight excluding hydrogens is 1480 g/mol. The summed E-state index contributed by atoms with van der Waals surface area (Å²) in [7, 11) is 0. The van der Waals surface area contributed by atoms with Crippen molar-refractivity contribution in [2.75, 3.05) is 0 Å². The summed E-state index contributed by atoms with van der Waals surface area (Å²) in [5, 5.41) is 20.0. The van der Waals surface area contributed by atoms with Crippen LogP contribution in [0.4, 0.5) is 0 Å². The molecule has 0 saturated carbocycles. The van der Waals surface area contributed by atoms with Crippen LogP contribution in [-0.2, 0) is 0 Å². The highest BCUT2D eigenvalue weighted by molar-refractivity contribution is 6.40. The molecule has 4 heterocycles. The van der Waals surface area contributed by atoms with Gasteiger partial charge < -0.3 is 9.13 Å². The van der Waals surface area contributed by atoms with Crippen LogP contribution in [0.15, 0.2) is 443 Å². The first-order valence-corrected chi connectivity index (χ1v) is 41.5. The van der Waals surface area contributed by atoms with E-state index < -0.39 is 0 Å². The summed E-state index contributed by atoms with van der Waals surface area (Å²) in [5.41, 5.74) is 24.2. The number of para-hydroxylation sites is 4. The third-order valence-corrected chi connectivity index (χ3v) is 24.2. The van der Waals surface area contributed by atoms with Crippen LogP contribution in [0, 0.1) is 0 Å². The summed E-state index contributed by atoms with van der Waals surface area (Å²) in [6, 6.07) is 158. The van der Waals surface area contributed by atoms with Gasteiger partial charge in [-0.05, 0) is 142 Å². The molecule has 0 radical (unpaired) electrons. The minimum absolute atomic E-state index is 0.633. The molecule has 0 fully saturated rings. The van der Waals surface area contributed by atoms with E-state index in [-0.39, 0.29) is 0 Å². The lowest BCUT2D eigenvalue weighted by molar-refractivity contribution is 1.07. The Morgan fingerprint density at radius 1 is 0.148 bits per heavy atom. The maximum atomic E-state index is 5.19. The van der Waals surface area contributed by atoms with E-state index in [1.807, 2.05) is 48.5 Å². The zero-order chi connectivity index (χ0) is 80.6. The van der Waals surface area contributed by atoms with Crippen LogP contribution >= 0.6 is 0 Å². The maximum absolute atomic E-state index is 5.19. The summed E-state index contributed by atoms with van der Waals surface area (Å²) in [6.07, 6.45) is 0. The molecule has 0 atom stereocenters. The second-order valence-corrected chi connectivity index (χ2v) is 31.2. The van der Waals surface area contributed by atoms with E-state index in [0.717, 1.165) is 72.8 Å². The lowest BCUT2D eigenvalue weighted by Gasteiger charge is -2.16. The van der Waals surface area contributed by atoms with Gasteiger partial charge >= 0.3 is 0 Å². The van der Waals surface area contributed by atoms with Crippen LogP contribution in [0.25, 0.3) is 232 Å². The second kappa shape index (κ2) is 30.0. The van der Waals surface area contributed by atoms with E-state index in [9.17, 15) is 0 Å². The Morgan fingerprint density at radius 3 is 0.770 bits per heavy atom. The zero-order valence-corrected chi connectivity index (χ0v) is 66.3. The van der Waals surface area contributed by atoms with E-state index in [1.54, 1.807) is 0 Å². The highest BCUT2D eigenvalue weighted by Crippen LogP contribution is 2.50. The molecular formula is C115H73N7. The predicted molar refractivity (Wildman–Crippen MR) is 510 cm³/mol. The Balaban J connectivity index is 0.000000142. The van der Waals surface area contributed by atoms with Crippen molar-refractivity contribution in [2.45, 2.75) is 0 Å². The van der Waals surface area contributed by atoms with Crippen molar-refractivity contribution in [2.24, 2.45) is 0 Å². The van der Waals surface area contributed by atoms with Gasteiger partial charge in [0.05, 0.1) is 33.5 Å². The van der Waals surface area contributed by atoms with E-state index >= 15 is 0 Å². The SMILES string of the molecule is c1ccc(-c2ccc(-c3cc(-c4ccccc4)nc(-c4ccc(-c5cc6c7ccccc7c7c(c8ccccc8n7-c7ccccc7)c6c6ccccc56)cc4)n3)cc2)cc1.c1ccc(-c2ccc(-c3nc(-c4ccccc4)nc(-c4ccc(-c5cc6c7ccccc7c7c(c8ccccc8n7-c7ccccc7)c6c6ccccc56)cc4)n3)cc2)cc1. The normalized spacial score (nSPS) is 11.6. The monoisotopic (exact) mass is 1550 g/mol. The largest absolute Gasteiger partial charge is 0.309 e. The van der Waals surface area contributed by atoms with Gasteiger partial charge in [0.2, 0.25) is 0 Å². The van der Waals surface area contributed by atoms with E-state index in [2.05, 4.69) is 403 Å². The summed E-state index contributed by atoms with van der Waals surface area (Å²) < 4.78 is 4.90. The lowest BCUT2D eigenvalue weighted by Crippen LogP contribution is -2.00. The van der Waals surface area contributed by atoms with Crippen molar-refractivity contribution in [1.29, 1.82) is 0 Å². The first kappa shape index (κ1) is 71.0. The molecule has 0 aliphatic heterocycles. The molecule has 0 amide bonds. The fourth-order valence-corrected chi connectivity index (χ4v) is 18.6. The molecule has 568 valence electrons. The molecule has 0 aliphatic carbocycles. The number of hydrogen-bond donors (Lipinski definition) is 0. The molecule has 20 aromatic carbocycles. The van der Waals surface area contributed by atoms with E-state index in [4.69, 9.17) is 24.9 Å². The second-order valence-electron chi connectivity index (χ2n) is 31.2. The van der Waals surface area contributed by atoms with Gasteiger partial charge in [-0.15, -0.1) is 0 Å². The van der Waals surface area contributed by atoms with Crippen molar-refractivity contribution in [3.63, 3.8) is 0 Å². The summed E-state index contributed by atoms with van der Waals surface area (Å²) in [6.45, 7) is 0. The average molecular weight is 1550 g/mol. The van der Waals surface area contributed by atoms with Crippen molar-refractivity contribution < 1.29 is 0 Å². The number of benzene rings is 20. The van der Waals surface area contributed by atoms with Gasteiger partial charge in [-0.3, -0.25) is 0 Å². The van der Waals surface area contributed by atoms with Gasteiger partial charge in [0.1, 0.15) is 0 Å². The van der Waals surface area contributed by atoms with Crippen LogP contribution in [-0.4, -0.2) is 34.1 Å². The molecule has 24 aromatic rings. The standard InChI is InChI=1S/C58H37N3.C57H36N4/c1-4-16-38(17-5-1)39-28-32-42(33-29-39)53-37-52(41-18-6-2-7-19-41)59-58(60-53)43-34-30-40(31-35-43)50-36-51-46-23-11-13-25-48(46)57-56(55(51)47-24-12-10-22-45(47)50)49-26-14-15-27-54(49)61(57)44-20-8-3-9-21-44;1-4-16-37(17-5-1)38-28-32-41(33-29-38)56-58-55(40-18-6-2-7-19-40)59-57(60-56)42-34-30-39(31-35-42)49-36-50-45-23-11-13-25-47(45)54-53(52(50)46-24-12-10-22-44(46)49)48-26-14-15-27-51(48)61(54)43-20-8-3-9-21-43/h1-37H;1-36H. The first-order chi connectivity index (χ1) is 60.5. The van der Waals surface area contributed by atoms with Crippen LogP contribution in [0.3, 0.4) is 0 Å². The van der Waals surface area contributed by atoms with Crippen LogP contribution in [0.5, 0.6) is 0 Å². The average Bonchev–Trinajstić information content (AvgIpc) is 1.41. The molecule has 0 unspecified atom stereocenters. The molecule has 7 nitrogen and oxygen atoms in total. The van der Waals surface area contributed by atoms with Gasteiger partial charge in [0.25, 0.3) is 0 Å². The highest BCUT2D eigenvalue weighted by atomic mass is 15.0.